The lowest BCUT2D eigenvalue weighted by atomic mass is 10.0. The number of hydrogen-bond acceptors (Lipinski definition) is 2. The van der Waals surface area contributed by atoms with Crippen LogP contribution in [-0.2, 0) is 13.0 Å². The van der Waals surface area contributed by atoms with Gasteiger partial charge in [0.2, 0.25) is 0 Å². The van der Waals surface area contributed by atoms with Gasteiger partial charge in [-0.05, 0) is 61.6 Å². The largest absolute Gasteiger partial charge is 0.486 e. The van der Waals surface area contributed by atoms with E-state index in [9.17, 15) is 4.39 Å². The van der Waals surface area contributed by atoms with E-state index in [1.807, 2.05) is 45.0 Å². The Kier molecular flexibility index (Phi) is 4.97. The van der Waals surface area contributed by atoms with E-state index >= 15 is 0 Å². The van der Waals surface area contributed by atoms with Crippen molar-refractivity contribution >= 4 is 0 Å². The Hall–Kier alpha value is -1.87. The van der Waals surface area contributed by atoms with Gasteiger partial charge in [-0.15, -0.1) is 0 Å². The Morgan fingerprint density at radius 3 is 2.38 bits per heavy atom. The lowest BCUT2D eigenvalue weighted by Crippen LogP contribution is -2.17. The summed E-state index contributed by atoms with van der Waals surface area (Å²) in [4.78, 5) is 0. The second kappa shape index (κ2) is 6.72. The highest BCUT2D eigenvalue weighted by Crippen LogP contribution is 2.22. The first-order valence-corrected chi connectivity index (χ1v) is 7.19. The van der Waals surface area contributed by atoms with Crippen molar-refractivity contribution < 1.29 is 9.13 Å². The zero-order chi connectivity index (χ0) is 15.4. The molecule has 1 atom stereocenters. The Morgan fingerprint density at radius 1 is 1.14 bits per heavy atom. The van der Waals surface area contributed by atoms with Crippen LogP contribution in [0, 0.1) is 19.7 Å². The van der Waals surface area contributed by atoms with Gasteiger partial charge in [0.15, 0.2) is 11.6 Å². The fraction of sp³-hybridized carbons (Fsp3) is 0.333. The molecule has 0 saturated heterocycles. The van der Waals surface area contributed by atoms with Gasteiger partial charge in [0.05, 0.1) is 0 Å². The molecule has 0 aliphatic carbocycles. The molecule has 2 rings (SSSR count). The predicted molar refractivity (Wildman–Crippen MR) is 84.0 cm³/mol. The number of halogens is 1. The van der Waals surface area contributed by atoms with Gasteiger partial charge in [0, 0.05) is 6.04 Å². The molecule has 0 amide bonds. The average Bonchev–Trinajstić information content (AvgIpc) is 2.39. The second-order valence-electron chi connectivity index (χ2n) is 5.61. The van der Waals surface area contributed by atoms with Gasteiger partial charge in [0.1, 0.15) is 6.61 Å². The van der Waals surface area contributed by atoms with Crippen LogP contribution in [0.3, 0.4) is 0 Å². The van der Waals surface area contributed by atoms with Crippen molar-refractivity contribution in [2.75, 3.05) is 0 Å². The Balaban J connectivity index is 2.10. The van der Waals surface area contributed by atoms with E-state index in [2.05, 4.69) is 0 Å². The van der Waals surface area contributed by atoms with Crippen molar-refractivity contribution in [3.8, 4) is 5.75 Å². The van der Waals surface area contributed by atoms with Gasteiger partial charge < -0.3 is 10.5 Å². The first kappa shape index (κ1) is 15.5. The molecule has 2 N–H and O–H groups in total. The third-order valence-corrected chi connectivity index (χ3v) is 3.57. The molecule has 0 spiro atoms. The molecule has 3 heteroatoms. The molecule has 0 aliphatic rings. The Bertz CT molecular complexity index is 602. The quantitative estimate of drug-likeness (QED) is 0.905. The third-order valence-electron chi connectivity index (χ3n) is 3.57. The number of rotatable bonds is 5. The second-order valence-corrected chi connectivity index (χ2v) is 5.61. The third kappa shape index (κ3) is 4.05. The Labute approximate surface area is 125 Å². The van der Waals surface area contributed by atoms with Crippen molar-refractivity contribution in [3.05, 3.63) is 64.5 Å². The van der Waals surface area contributed by atoms with Gasteiger partial charge >= 0.3 is 0 Å². The van der Waals surface area contributed by atoms with Crippen LogP contribution in [0.1, 0.15) is 29.2 Å². The predicted octanol–water partition coefficient (Wildman–Crippen LogP) is 3.91. The SMILES string of the molecule is Cc1cccc(C)c1COc1ccc(CC(C)N)cc1F. The van der Waals surface area contributed by atoms with Crippen molar-refractivity contribution in [2.45, 2.75) is 39.8 Å². The van der Waals surface area contributed by atoms with Crippen molar-refractivity contribution in [1.29, 1.82) is 0 Å². The summed E-state index contributed by atoms with van der Waals surface area (Å²) in [5, 5.41) is 0. The minimum absolute atomic E-state index is 0.0192. The molecule has 0 aliphatic heterocycles. The van der Waals surface area contributed by atoms with Crippen LogP contribution in [0.5, 0.6) is 5.75 Å². The molecular formula is C18H22FNO. The standard InChI is InChI=1S/C18H22FNO/c1-12-5-4-6-13(2)16(12)11-21-18-8-7-15(9-14(3)20)10-17(18)19/h4-8,10,14H,9,11,20H2,1-3H3. The molecule has 0 heterocycles. The Morgan fingerprint density at radius 2 is 1.81 bits per heavy atom. The molecule has 0 aromatic heterocycles. The van der Waals surface area contributed by atoms with Crippen LogP contribution < -0.4 is 10.5 Å². The number of benzene rings is 2. The van der Waals surface area contributed by atoms with Crippen LogP contribution in [0.15, 0.2) is 36.4 Å². The average molecular weight is 287 g/mol. The van der Waals surface area contributed by atoms with Gasteiger partial charge in [-0.2, -0.15) is 0 Å². The number of aryl methyl sites for hydroxylation is 2. The summed E-state index contributed by atoms with van der Waals surface area (Å²) >= 11 is 0. The highest BCUT2D eigenvalue weighted by molar-refractivity contribution is 5.34. The van der Waals surface area contributed by atoms with Crippen LogP contribution >= 0.6 is 0 Å². The van der Waals surface area contributed by atoms with E-state index in [0.717, 1.165) is 22.3 Å². The highest BCUT2D eigenvalue weighted by Gasteiger charge is 2.08. The minimum atomic E-state index is -0.334. The van der Waals surface area contributed by atoms with Crippen LogP contribution in [0.4, 0.5) is 4.39 Å². The topological polar surface area (TPSA) is 35.2 Å². The monoisotopic (exact) mass is 287 g/mol. The summed E-state index contributed by atoms with van der Waals surface area (Å²) < 4.78 is 19.7. The van der Waals surface area contributed by atoms with E-state index in [0.29, 0.717) is 13.0 Å². The summed E-state index contributed by atoms with van der Waals surface area (Å²) in [7, 11) is 0. The molecular weight excluding hydrogens is 265 g/mol. The van der Waals surface area contributed by atoms with Crippen molar-refractivity contribution in [3.63, 3.8) is 0 Å². The maximum absolute atomic E-state index is 14.0. The smallest absolute Gasteiger partial charge is 0.165 e. The summed E-state index contributed by atoms with van der Waals surface area (Å²) in [6, 6.07) is 11.2. The highest BCUT2D eigenvalue weighted by atomic mass is 19.1. The zero-order valence-electron chi connectivity index (χ0n) is 12.8. The maximum Gasteiger partial charge on any atom is 0.165 e. The molecule has 0 radical (unpaired) electrons. The van der Waals surface area contributed by atoms with E-state index < -0.39 is 0 Å². The van der Waals surface area contributed by atoms with E-state index in [-0.39, 0.29) is 17.6 Å². The molecule has 1 unspecified atom stereocenters. The first-order valence-electron chi connectivity index (χ1n) is 7.19. The van der Waals surface area contributed by atoms with Crippen molar-refractivity contribution in [2.24, 2.45) is 5.73 Å². The lowest BCUT2D eigenvalue weighted by Gasteiger charge is -2.13. The zero-order valence-corrected chi connectivity index (χ0v) is 12.8. The van der Waals surface area contributed by atoms with Crippen LogP contribution in [-0.4, -0.2) is 6.04 Å². The molecule has 2 aromatic rings. The van der Waals surface area contributed by atoms with Gasteiger partial charge in [0.25, 0.3) is 0 Å². The van der Waals surface area contributed by atoms with E-state index in [1.165, 1.54) is 6.07 Å². The van der Waals surface area contributed by atoms with Crippen LogP contribution in [0.2, 0.25) is 0 Å². The lowest BCUT2D eigenvalue weighted by molar-refractivity contribution is 0.288. The summed E-state index contributed by atoms with van der Waals surface area (Å²) in [5.74, 6) is -0.0505. The molecule has 2 nitrogen and oxygen atoms in total. The summed E-state index contributed by atoms with van der Waals surface area (Å²) in [5.41, 5.74) is 10.0. The molecule has 0 saturated carbocycles. The fourth-order valence-electron chi connectivity index (χ4n) is 2.39. The summed E-state index contributed by atoms with van der Waals surface area (Å²) in [6.45, 7) is 6.35. The number of ether oxygens (including phenoxy) is 1. The number of hydrogen-bond donors (Lipinski definition) is 1. The van der Waals surface area contributed by atoms with Crippen LogP contribution in [0.25, 0.3) is 0 Å². The molecule has 0 fully saturated rings. The van der Waals surface area contributed by atoms with Gasteiger partial charge in [-0.1, -0.05) is 24.3 Å². The molecule has 2 aromatic carbocycles. The number of nitrogens with two attached hydrogens (primary N) is 1. The van der Waals surface area contributed by atoms with Gasteiger partial charge in [-0.3, -0.25) is 0 Å². The van der Waals surface area contributed by atoms with Crippen molar-refractivity contribution in [1.82, 2.24) is 0 Å². The maximum atomic E-state index is 14.0. The molecule has 0 bridgehead atoms. The van der Waals surface area contributed by atoms with Gasteiger partial charge in [-0.25, -0.2) is 4.39 Å². The molecule has 21 heavy (non-hydrogen) atoms. The normalized spacial score (nSPS) is 12.2. The molecule has 112 valence electrons. The van der Waals surface area contributed by atoms with E-state index in [1.54, 1.807) is 6.07 Å². The first-order chi connectivity index (χ1) is 9.97. The fourth-order valence-corrected chi connectivity index (χ4v) is 2.39. The summed E-state index contributed by atoms with van der Waals surface area (Å²) in [6.07, 6.45) is 0.661. The van der Waals surface area contributed by atoms with E-state index in [4.69, 9.17) is 10.5 Å². The minimum Gasteiger partial charge on any atom is -0.486 e.